The highest BCUT2D eigenvalue weighted by Gasteiger charge is 2.20. The van der Waals surface area contributed by atoms with Crippen LogP contribution in [0.15, 0.2) is 35.1 Å². The van der Waals surface area contributed by atoms with Crippen LogP contribution in [0.25, 0.3) is 5.69 Å². The molecule has 0 spiro atoms. The summed E-state index contributed by atoms with van der Waals surface area (Å²) in [7, 11) is 1.40. The third-order valence-electron chi connectivity index (χ3n) is 3.99. The summed E-state index contributed by atoms with van der Waals surface area (Å²) in [5.74, 6) is 0.209. The molecule has 7 nitrogen and oxygen atoms in total. The number of ether oxygens (including phenoxy) is 1. The first-order chi connectivity index (χ1) is 12.8. The fourth-order valence-electron chi connectivity index (χ4n) is 2.57. The van der Waals surface area contributed by atoms with Gasteiger partial charge < -0.3 is 9.84 Å². The summed E-state index contributed by atoms with van der Waals surface area (Å²) in [6.45, 7) is 1.42. The van der Waals surface area contributed by atoms with Crippen LogP contribution in [0, 0.1) is 6.92 Å². The second kappa shape index (κ2) is 7.36. The maximum Gasteiger partial charge on any atom is 0.368 e. The lowest BCUT2D eigenvalue weighted by atomic mass is 10.1. The van der Waals surface area contributed by atoms with Crippen molar-refractivity contribution in [1.29, 1.82) is 0 Å². The van der Waals surface area contributed by atoms with Gasteiger partial charge in [-0.3, -0.25) is 0 Å². The van der Waals surface area contributed by atoms with Crippen molar-refractivity contribution in [2.45, 2.75) is 20.0 Å². The number of phenolic OH excluding ortho intramolecular Hbond substituents is 1. The molecule has 3 rings (SSSR count). The van der Waals surface area contributed by atoms with E-state index in [1.165, 1.54) is 37.4 Å². The van der Waals surface area contributed by atoms with Crippen molar-refractivity contribution in [1.82, 2.24) is 19.8 Å². The summed E-state index contributed by atoms with van der Waals surface area (Å²) in [5, 5.41) is 17.0. The molecule has 1 aromatic heterocycles. The number of aromatic hydroxyl groups is 1. The molecular weight excluding hydrogens is 382 g/mol. The average molecular weight is 397 g/mol. The molecule has 0 saturated heterocycles. The lowest BCUT2D eigenvalue weighted by Gasteiger charge is -2.16. The fraction of sp³-hybridized carbons (Fsp3) is 0.235. The van der Waals surface area contributed by atoms with Crippen LogP contribution in [0.5, 0.6) is 11.5 Å². The summed E-state index contributed by atoms with van der Waals surface area (Å²) in [4.78, 5) is 12.1. The molecule has 0 aliphatic carbocycles. The third-order valence-corrected chi connectivity index (χ3v) is 4.29. The molecule has 3 aromatic rings. The number of aromatic nitrogens is 4. The Bertz CT molecular complexity index is 1050. The van der Waals surface area contributed by atoms with E-state index in [9.17, 15) is 18.7 Å². The van der Waals surface area contributed by atoms with Gasteiger partial charge in [-0.15, -0.1) is 0 Å². The molecule has 1 N–H and O–H groups in total. The van der Waals surface area contributed by atoms with E-state index in [0.717, 1.165) is 9.36 Å². The fourth-order valence-corrected chi connectivity index (χ4v) is 2.72. The molecule has 142 valence electrons. The highest BCUT2D eigenvalue weighted by Crippen LogP contribution is 2.33. The molecule has 0 aliphatic rings. The quantitative estimate of drug-likeness (QED) is 0.716. The zero-order valence-electron chi connectivity index (χ0n) is 14.4. The van der Waals surface area contributed by atoms with Crippen LogP contribution < -0.4 is 10.4 Å². The number of phenols is 1. The highest BCUT2D eigenvalue weighted by molar-refractivity contribution is 6.32. The summed E-state index contributed by atoms with van der Waals surface area (Å²) >= 11 is 5.88. The van der Waals surface area contributed by atoms with Gasteiger partial charge in [0.15, 0.2) is 0 Å². The Morgan fingerprint density at radius 1 is 1.30 bits per heavy atom. The van der Waals surface area contributed by atoms with Gasteiger partial charge in [0, 0.05) is 24.2 Å². The van der Waals surface area contributed by atoms with Crippen LogP contribution in [0.4, 0.5) is 8.78 Å². The van der Waals surface area contributed by atoms with Gasteiger partial charge in [0.25, 0.3) is 6.43 Å². The Balaban J connectivity index is 2.05. The Morgan fingerprint density at radius 3 is 2.67 bits per heavy atom. The van der Waals surface area contributed by atoms with Crippen LogP contribution in [-0.4, -0.2) is 24.9 Å². The zero-order valence-corrected chi connectivity index (χ0v) is 15.1. The van der Waals surface area contributed by atoms with E-state index < -0.39 is 12.1 Å². The molecule has 1 heterocycles. The molecule has 0 bridgehead atoms. The lowest BCUT2D eigenvalue weighted by molar-refractivity contribution is 0.148. The van der Waals surface area contributed by atoms with Gasteiger partial charge >= 0.3 is 5.69 Å². The van der Waals surface area contributed by atoms with Crippen LogP contribution >= 0.6 is 11.6 Å². The SMILES string of the molecule is Cc1cc(O)c(Cl)cc1OCc1c(C(F)F)cccc1-n1nnn(C)c1=O. The normalized spacial score (nSPS) is 11.2. The maximum atomic E-state index is 13.5. The van der Waals surface area contributed by atoms with Gasteiger partial charge in [-0.2, -0.15) is 9.36 Å². The Kier molecular flexibility index (Phi) is 5.13. The minimum Gasteiger partial charge on any atom is -0.506 e. The van der Waals surface area contributed by atoms with E-state index in [1.807, 2.05) is 0 Å². The predicted octanol–water partition coefficient (Wildman–Crippen LogP) is 3.15. The smallest absolute Gasteiger partial charge is 0.368 e. The number of halogens is 3. The molecule has 0 amide bonds. The Labute approximate surface area is 157 Å². The number of rotatable bonds is 5. The Hall–Kier alpha value is -2.94. The maximum absolute atomic E-state index is 13.5. The topological polar surface area (TPSA) is 82.2 Å². The van der Waals surface area contributed by atoms with Crippen LogP contribution in [-0.2, 0) is 13.7 Å². The number of tetrazole rings is 1. The number of aryl methyl sites for hydroxylation is 2. The minimum absolute atomic E-state index is 0.0723. The van der Waals surface area contributed by atoms with Crippen molar-refractivity contribution in [2.24, 2.45) is 7.05 Å². The van der Waals surface area contributed by atoms with E-state index in [4.69, 9.17) is 16.3 Å². The molecular formula is C17H15ClF2N4O3. The van der Waals surface area contributed by atoms with Crippen molar-refractivity contribution < 1.29 is 18.6 Å². The van der Waals surface area contributed by atoms with Crippen LogP contribution in [0.1, 0.15) is 23.1 Å². The van der Waals surface area contributed by atoms with Gasteiger partial charge in [-0.05, 0) is 35.0 Å². The number of alkyl halides is 2. The van der Waals surface area contributed by atoms with Crippen molar-refractivity contribution in [3.63, 3.8) is 0 Å². The van der Waals surface area contributed by atoms with Crippen molar-refractivity contribution in [3.05, 3.63) is 62.5 Å². The predicted molar refractivity (Wildman–Crippen MR) is 93.7 cm³/mol. The summed E-state index contributed by atoms with van der Waals surface area (Å²) in [6, 6.07) is 6.95. The second-order valence-electron chi connectivity index (χ2n) is 5.80. The van der Waals surface area contributed by atoms with Crippen LogP contribution in [0.3, 0.4) is 0 Å². The van der Waals surface area contributed by atoms with E-state index in [2.05, 4.69) is 10.4 Å². The van der Waals surface area contributed by atoms with Crippen LogP contribution in [0.2, 0.25) is 5.02 Å². The largest absolute Gasteiger partial charge is 0.506 e. The molecule has 0 saturated carbocycles. The molecule has 10 heteroatoms. The summed E-state index contributed by atoms with van der Waals surface area (Å²) in [6.07, 6.45) is -2.78. The second-order valence-corrected chi connectivity index (χ2v) is 6.21. The third kappa shape index (κ3) is 3.63. The first-order valence-electron chi connectivity index (χ1n) is 7.80. The molecule has 0 radical (unpaired) electrons. The molecule has 0 fully saturated rings. The van der Waals surface area contributed by atoms with E-state index >= 15 is 0 Å². The zero-order chi connectivity index (χ0) is 19.7. The van der Waals surface area contributed by atoms with Gasteiger partial charge in [0.05, 0.1) is 10.7 Å². The number of hydrogen-bond donors (Lipinski definition) is 1. The van der Waals surface area contributed by atoms with Crippen molar-refractivity contribution in [2.75, 3.05) is 0 Å². The van der Waals surface area contributed by atoms with E-state index in [1.54, 1.807) is 6.92 Å². The van der Waals surface area contributed by atoms with E-state index in [0.29, 0.717) is 11.3 Å². The minimum atomic E-state index is -2.78. The number of nitrogens with zero attached hydrogens (tertiary/aromatic N) is 4. The van der Waals surface area contributed by atoms with Crippen molar-refractivity contribution >= 4 is 11.6 Å². The number of benzene rings is 2. The standard InChI is InChI=1S/C17H15ClF2N4O3/c1-9-6-14(25)12(18)7-15(9)27-8-11-10(16(19)20)4-3-5-13(11)24-17(26)23(2)21-22-24/h3-7,16,25H,8H2,1-2H3. The molecule has 27 heavy (non-hydrogen) atoms. The Morgan fingerprint density at radius 2 is 2.04 bits per heavy atom. The van der Waals surface area contributed by atoms with E-state index in [-0.39, 0.29) is 34.2 Å². The molecule has 2 aromatic carbocycles. The van der Waals surface area contributed by atoms with Gasteiger partial charge in [-0.25, -0.2) is 13.6 Å². The first-order valence-corrected chi connectivity index (χ1v) is 8.18. The summed E-state index contributed by atoms with van der Waals surface area (Å²) in [5.41, 5.74) is -0.0455. The average Bonchev–Trinajstić information content (AvgIpc) is 2.95. The molecule has 0 aliphatic heterocycles. The summed E-state index contributed by atoms with van der Waals surface area (Å²) < 4.78 is 34.6. The monoisotopic (exact) mass is 396 g/mol. The molecule has 0 atom stereocenters. The first kappa shape index (κ1) is 18.8. The highest BCUT2D eigenvalue weighted by atomic mass is 35.5. The van der Waals surface area contributed by atoms with Gasteiger partial charge in [0.2, 0.25) is 0 Å². The van der Waals surface area contributed by atoms with Gasteiger partial charge in [-0.1, -0.05) is 23.7 Å². The molecule has 0 unspecified atom stereocenters. The number of hydrogen-bond acceptors (Lipinski definition) is 5. The lowest BCUT2D eigenvalue weighted by Crippen LogP contribution is -2.23. The van der Waals surface area contributed by atoms with Crippen molar-refractivity contribution in [3.8, 4) is 17.2 Å². The van der Waals surface area contributed by atoms with Gasteiger partial charge in [0.1, 0.15) is 18.1 Å².